The number of halogens is 1. The van der Waals surface area contributed by atoms with Gasteiger partial charge in [0.1, 0.15) is 12.0 Å². The summed E-state index contributed by atoms with van der Waals surface area (Å²) in [5, 5.41) is 13.5. The van der Waals surface area contributed by atoms with E-state index < -0.39 is 17.4 Å². The Morgan fingerprint density at radius 1 is 0.969 bits per heavy atom. The van der Waals surface area contributed by atoms with E-state index in [0.717, 1.165) is 16.8 Å². The standard InChI is InChI=1S/C27H29FN2O2/c1-26(2)18-27(3,30-24(31)17-32-26)22-16-21(14-15-23(22)28)29-25(19-10-6-4-7-11-19)20-12-8-5-9-13-20/h4-16,24,30-31H,17-18H2,1-3H3. The summed E-state index contributed by atoms with van der Waals surface area (Å²) in [5.41, 5.74) is 2.52. The van der Waals surface area contributed by atoms with Crippen LogP contribution in [0.3, 0.4) is 0 Å². The summed E-state index contributed by atoms with van der Waals surface area (Å²) in [6.45, 7) is 5.95. The van der Waals surface area contributed by atoms with E-state index >= 15 is 4.39 Å². The summed E-state index contributed by atoms with van der Waals surface area (Å²) in [6.07, 6.45) is -0.400. The zero-order valence-corrected chi connectivity index (χ0v) is 18.7. The number of benzene rings is 3. The Hall–Kier alpha value is -2.86. The van der Waals surface area contributed by atoms with Crippen LogP contribution in [0.1, 0.15) is 43.9 Å². The maximum Gasteiger partial charge on any atom is 0.129 e. The van der Waals surface area contributed by atoms with E-state index in [1.165, 1.54) is 6.07 Å². The second-order valence-corrected chi connectivity index (χ2v) is 9.10. The molecule has 1 saturated heterocycles. The normalized spacial score (nSPS) is 22.7. The van der Waals surface area contributed by atoms with Gasteiger partial charge in [0.25, 0.3) is 0 Å². The molecule has 2 atom stereocenters. The van der Waals surface area contributed by atoms with E-state index in [4.69, 9.17) is 9.73 Å². The first kappa shape index (κ1) is 22.3. The lowest BCUT2D eigenvalue weighted by atomic mass is 9.81. The first-order valence-corrected chi connectivity index (χ1v) is 10.9. The number of nitrogens with one attached hydrogen (secondary N) is 1. The lowest BCUT2D eigenvalue weighted by molar-refractivity contribution is -0.0497. The molecule has 1 aliphatic rings. The van der Waals surface area contributed by atoms with Crippen LogP contribution in [0.5, 0.6) is 0 Å². The third-order valence-corrected chi connectivity index (χ3v) is 5.78. The van der Waals surface area contributed by atoms with Crippen LogP contribution >= 0.6 is 0 Å². The fraction of sp³-hybridized carbons (Fsp3) is 0.296. The van der Waals surface area contributed by atoms with Crippen LogP contribution in [0.4, 0.5) is 10.1 Å². The largest absolute Gasteiger partial charge is 0.376 e. The van der Waals surface area contributed by atoms with Gasteiger partial charge in [-0.25, -0.2) is 9.38 Å². The van der Waals surface area contributed by atoms with Crippen molar-refractivity contribution in [3.63, 3.8) is 0 Å². The summed E-state index contributed by atoms with van der Waals surface area (Å²) in [6, 6.07) is 24.8. The number of hydrogen-bond acceptors (Lipinski definition) is 4. The van der Waals surface area contributed by atoms with E-state index in [9.17, 15) is 5.11 Å². The molecule has 32 heavy (non-hydrogen) atoms. The van der Waals surface area contributed by atoms with Gasteiger partial charge in [-0.3, -0.25) is 5.32 Å². The van der Waals surface area contributed by atoms with Crippen LogP contribution < -0.4 is 5.32 Å². The van der Waals surface area contributed by atoms with Crippen molar-refractivity contribution in [3.8, 4) is 0 Å². The van der Waals surface area contributed by atoms with Crippen molar-refractivity contribution in [1.29, 1.82) is 0 Å². The molecule has 0 radical (unpaired) electrons. The van der Waals surface area contributed by atoms with Crippen molar-refractivity contribution in [2.45, 2.75) is 44.6 Å². The van der Waals surface area contributed by atoms with E-state index in [2.05, 4.69) is 5.32 Å². The van der Waals surface area contributed by atoms with E-state index in [1.807, 2.05) is 81.4 Å². The van der Waals surface area contributed by atoms with Crippen molar-refractivity contribution < 1.29 is 14.2 Å². The molecule has 166 valence electrons. The van der Waals surface area contributed by atoms with E-state index in [-0.39, 0.29) is 12.4 Å². The molecule has 3 aromatic carbocycles. The minimum absolute atomic E-state index is 0.147. The minimum atomic E-state index is -0.891. The van der Waals surface area contributed by atoms with Crippen molar-refractivity contribution in [3.05, 3.63) is 101 Å². The highest BCUT2D eigenvalue weighted by Crippen LogP contribution is 2.37. The molecular weight excluding hydrogens is 403 g/mol. The molecule has 4 nitrogen and oxygen atoms in total. The number of hydrogen-bond donors (Lipinski definition) is 2. The Morgan fingerprint density at radius 2 is 1.56 bits per heavy atom. The number of aliphatic hydroxyl groups excluding tert-OH is 1. The quantitative estimate of drug-likeness (QED) is 0.549. The van der Waals surface area contributed by atoms with Gasteiger partial charge in [-0.05, 0) is 45.4 Å². The fourth-order valence-electron chi connectivity index (χ4n) is 4.46. The lowest BCUT2D eigenvalue weighted by Gasteiger charge is -2.36. The number of rotatable bonds is 4. The molecule has 2 unspecified atom stereocenters. The summed E-state index contributed by atoms with van der Waals surface area (Å²) in [5.74, 6) is -0.343. The van der Waals surface area contributed by atoms with Gasteiger partial charge in [-0.1, -0.05) is 60.7 Å². The van der Waals surface area contributed by atoms with Gasteiger partial charge in [0, 0.05) is 22.2 Å². The van der Waals surface area contributed by atoms with Crippen molar-refractivity contribution in [2.75, 3.05) is 6.61 Å². The van der Waals surface area contributed by atoms with E-state index in [1.54, 1.807) is 12.1 Å². The topological polar surface area (TPSA) is 53.9 Å². The van der Waals surface area contributed by atoms with Crippen LogP contribution in [-0.2, 0) is 10.3 Å². The van der Waals surface area contributed by atoms with Crippen molar-refractivity contribution >= 4 is 11.4 Å². The Balaban J connectivity index is 1.81. The predicted octanol–water partition coefficient (Wildman–Crippen LogP) is 5.32. The maximum atomic E-state index is 15.1. The molecule has 3 aromatic rings. The molecule has 4 rings (SSSR count). The lowest BCUT2D eigenvalue weighted by Crippen LogP contribution is -2.47. The third kappa shape index (κ3) is 4.96. The molecular formula is C27H29FN2O2. The SMILES string of the molecule is CC1(C)CC(C)(c2cc(N=C(c3ccccc3)c3ccccc3)ccc2F)NC(O)CO1. The Bertz CT molecular complexity index is 1060. The highest BCUT2D eigenvalue weighted by Gasteiger charge is 2.40. The average molecular weight is 433 g/mol. The van der Waals surface area contributed by atoms with Crippen LogP contribution in [0, 0.1) is 5.82 Å². The van der Waals surface area contributed by atoms with Crippen LogP contribution in [0.15, 0.2) is 83.9 Å². The summed E-state index contributed by atoms with van der Waals surface area (Å²) in [4.78, 5) is 4.93. The Morgan fingerprint density at radius 3 is 2.16 bits per heavy atom. The zero-order valence-electron chi connectivity index (χ0n) is 18.7. The van der Waals surface area contributed by atoms with Gasteiger partial charge in [-0.15, -0.1) is 0 Å². The van der Waals surface area contributed by atoms with Gasteiger partial charge in [-0.2, -0.15) is 0 Å². The molecule has 1 aliphatic heterocycles. The second kappa shape index (κ2) is 8.94. The maximum absolute atomic E-state index is 15.1. The second-order valence-electron chi connectivity index (χ2n) is 9.10. The number of ether oxygens (including phenoxy) is 1. The molecule has 1 fully saturated rings. The number of nitrogens with zero attached hydrogens (tertiary/aromatic N) is 1. The van der Waals surface area contributed by atoms with Crippen molar-refractivity contribution in [1.82, 2.24) is 5.32 Å². The Kier molecular flexibility index (Phi) is 6.24. The molecule has 5 heteroatoms. The fourth-order valence-corrected chi connectivity index (χ4v) is 4.46. The highest BCUT2D eigenvalue weighted by atomic mass is 19.1. The van der Waals surface area contributed by atoms with E-state index in [0.29, 0.717) is 17.7 Å². The summed E-state index contributed by atoms with van der Waals surface area (Å²) < 4.78 is 20.9. The van der Waals surface area contributed by atoms with Crippen LogP contribution in [-0.4, -0.2) is 29.3 Å². The van der Waals surface area contributed by atoms with Crippen LogP contribution in [0.2, 0.25) is 0 Å². The Labute approximate surface area is 188 Å². The van der Waals surface area contributed by atoms with Gasteiger partial charge < -0.3 is 9.84 Å². The molecule has 0 amide bonds. The average Bonchev–Trinajstić information content (AvgIpc) is 2.88. The van der Waals surface area contributed by atoms with Crippen molar-refractivity contribution in [2.24, 2.45) is 4.99 Å². The van der Waals surface area contributed by atoms with Gasteiger partial charge in [0.15, 0.2) is 0 Å². The van der Waals surface area contributed by atoms with Gasteiger partial charge in [0.05, 0.1) is 23.6 Å². The smallest absolute Gasteiger partial charge is 0.129 e. The minimum Gasteiger partial charge on any atom is -0.376 e. The number of aliphatic imine (C=N–C) groups is 1. The molecule has 0 bridgehead atoms. The van der Waals surface area contributed by atoms with Gasteiger partial charge >= 0.3 is 0 Å². The summed E-state index contributed by atoms with van der Waals surface area (Å²) in [7, 11) is 0. The van der Waals surface area contributed by atoms with Gasteiger partial charge in [0.2, 0.25) is 0 Å². The highest BCUT2D eigenvalue weighted by molar-refractivity contribution is 6.13. The molecule has 0 aromatic heterocycles. The predicted molar refractivity (Wildman–Crippen MR) is 126 cm³/mol. The monoisotopic (exact) mass is 432 g/mol. The first-order chi connectivity index (χ1) is 15.3. The first-order valence-electron chi connectivity index (χ1n) is 10.9. The molecule has 1 heterocycles. The zero-order chi connectivity index (χ0) is 22.8. The molecule has 0 saturated carbocycles. The molecule has 0 spiro atoms. The third-order valence-electron chi connectivity index (χ3n) is 5.78. The molecule has 2 N–H and O–H groups in total. The molecule has 0 aliphatic carbocycles. The summed E-state index contributed by atoms with van der Waals surface area (Å²) >= 11 is 0. The van der Waals surface area contributed by atoms with Crippen LogP contribution in [0.25, 0.3) is 0 Å². The number of aliphatic hydroxyl groups is 1.